The highest BCUT2D eigenvalue weighted by atomic mass is 16.3. The van der Waals surface area contributed by atoms with Gasteiger partial charge in [-0.05, 0) is 26.1 Å². The number of hydrogen-bond donors (Lipinski definition) is 2. The van der Waals surface area contributed by atoms with Crippen LogP contribution in [0.2, 0.25) is 0 Å². The maximum atomic E-state index is 9.85. The van der Waals surface area contributed by atoms with E-state index < -0.39 is 0 Å². The van der Waals surface area contributed by atoms with Crippen LogP contribution in [0.3, 0.4) is 0 Å². The predicted octanol–water partition coefficient (Wildman–Crippen LogP) is 1.41. The zero-order valence-electron chi connectivity index (χ0n) is 10.4. The van der Waals surface area contributed by atoms with E-state index in [1.807, 2.05) is 6.92 Å². The van der Waals surface area contributed by atoms with E-state index in [4.69, 9.17) is 0 Å². The number of benzene rings is 1. The first-order valence-electron chi connectivity index (χ1n) is 6.03. The summed E-state index contributed by atoms with van der Waals surface area (Å²) in [6, 6.07) is 4.96. The molecule has 1 saturated heterocycles. The highest BCUT2D eigenvalue weighted by Crippen LogP contribution is 2.35. The Labute approximate surface area is 102 Å². The highest BCUT2D eigenvalue weighted by molar-refractivity contribution is 5.45. The SMILES string of the molecule is CC(c1c(O)cccc1O)N1CCN(C)CC1. The van der Waals surface area contributed by atoms with Gasteiger partial charge in [-0.15, -0.1) is 0 Å². The minimum absolute atomic E-state index is 0.0462. The molecule has 1 aliphatic heterocycles. The van der Waals surface area contributed by atoms with Gasteiger partial charge in [0.2, 0.25) is 0 Å². The van der Waals surface area contributed by atoms with Gasteiger partial charge in [0.05, 0.1) is 5.56 Å². The summed E-state index contributed by atoms with van der Waals surface area (Å²) in [5.41, 5.74) is 0.636. The summed E-state index contributed by atoms with van der Waals surface area (Å²) < 4.78 is 0. The van der Waals surface area contributed by atoms with Gasteiger partial charge in [-0.1, -0.05) is 6.07 Å². The number of likely N-dealkylation sites (N-methyl/N-ethyl adjacent to an activating group) is 1. The maximum absolute atomic E-state index is 9.85. The van der Waals surface area contributed by atoms with Gasteiger partial charge in [-0.25, -0.2) is 0 Å². The third kappa shape index (κ3) is 2.53. The molecule has 1 atom stereocenters. The molecular weight excluding hydrogens is 216 g/mol. The molecule has 2 rings (SSSR count). The second-order valence-corrected chi connectivity index (χ2v) is 4.73. The zero-order valence-corrected chi connectivity index (χ0v) is 10.4. The number of phenols is 2. The number of aromatic hydroxyl groups is 2. The molecule has 1 fully saturated rings. The second kappa shape index (κ2) is 4.94. The quantitative estimate of drug-likeness (QED) is 0.815. The van der Waals surface area contributed by atoms with Crippen LogP contribution >= 0.6 is 0 Å². The topological polar surface area (TPSA) is 46.9 Å². The van der Waals surface area contributed by atoms with Crippen molar-refractivity contribution in [2.75, 3.05) is 33.2 Å². The van der Waals surface area contributed by atoms with Crippen LogP contribution in [0.4, 0.5) is 0 Å². The molecule has 4 nitrogen and oxygen atoms in total. The van der Waals surface area contributed by atoms with E-state index in [2.05, 4.69) is 16.8 Å². The van der Waals surface area contributed by atoms with E-state index >= 15 is 0 Å². The van der Waals surface area contributed by atoms with Crippen LogP contribution in [0, 0.1) is 0 Å². The minimum Gasteiger partial charge on any atom is -0.507 e. The van der Waals surface area contributed by atoms with Crippen molar-refractivity contribution >= 4 is 0 Å². The molecule has 1 unspecified atom stereocenters. The maximum Gasteiger partial charge on any atom is 0.124 e. The monoisotopic (exact) mass is 236 g/mol. The lowest BCUT2D eigenvalue weighted by atomic mass is 10.0. The lowest BCUT2D eigenvalue weighted by molar-refractivity contribution is 0.116. The fraction of sp³-hybridized carbons (Fsp3) is 0.538. The van der Waals surface area contributed by atoms with Crippen molar-refractivity contribution < 1.29 is 10.2 Å². The van der Waals surface area contributed by atoms with E-state index in [1.54, 1.807) is 18.2 Å². The van der Waals surface area contributed by atoms with Crippen LogP contribution in [-0.4, -0.2) is 53.2 Å². The molecule has 1 aromatic carbocycles. The van der Waals surface area contributed by atoms with Gasteiger partial charge in [-0.2, -0.15) is 0 Å². The van der Waals surface area contributed by atoms with Crippen LogP contribution in [0.25, 0.3) is 0 Å². The Morgan fingerprint density at radius 3 is 2.12 bits per heavy atom. The average molecular weight is 236 g/mol. The van der Waals surface area contributed by atoms with E-state index in [0.29, 0.717) is 5.56 Å². The van der Waals surface area contributed by atoms with E-state index in [1.165, 1.54) is 0 Å². The first-order valence-corrected chi connectivity index (χ1v) is 6.03. The van der Waals surface area contributed by atoms with E-state index in [0.717, 1.165) is 26.2 Å². The van der Waals surface area contributed by atoms with Crippen LogP contribution in [0.15, 0.2) is 18.2 Å². The number of nitrogens with zero attached hydrogens (tertiary/aromatic N) is 2. The molecule has 1 heterocycles. The summed E-state index contributed by atoms with van der Waals surface area (Å²) in [5.74, 6) is 0.354. The Bertz CT molecular complexity index is 367. The fourth-order valence-corrected chi connectivity index (χ4v) is 2.36. The van der Waals surface area contributed by atoms with Crippen molar-refractivity contribution in [1.82, 2.24) is 9.80 Å². The minimum atomic E-state index is 0.0462. The zero-order chi connectivity index (χ0) is 12.4. The van der Waals surface area contributed by atoms with Crippen molar-refractivity contribution in [3.8, 4) is 11.5 Å². The van der Waals surface area contributed by atoms with Gasteiger partial charge in [0.15, 0.2) is 0 Å². The van der Waals surface area contributed by atoms with Gasteiger partial charge in [0, 0.05) is 32.2 Å². The Balaban J connectivity index is 2.16. The summed E-state index contributed by atoms with van der Waals surface area (Å²) in [6.45, 7) is 6.01. The third-order valence-corrected chi connectivity index (χ3v) is 3.56. The molecule has 1 aliphatic rings. The largest absolute Gasteiger partial charge is 0.507 e. The highest BCUT2D eigenvalue weighted by Gasteiger charge is 2.24. The van der Waals surface area contributed by atoms with Gasteiger partial charge in [0.25, 0.3) is 0 Å². The molecule has 0 aromatic heterocycles. The molecule has 2 N–H and O–H groups in total. The number of rotatable bonds is 2. The molecular formula is C13H20N2O2. The molecule has 0 saturated carbocycles. The first-order chi connectivity index (χ1) is 8.09. The normalized spacial score (nSPS) is 20.4. The summed E-state index contributed by atoms with van der Waals surface area (Å²) in [5, 5.41) is 19.7. The van der Waals surface area contributed by atoms with Crippen LogP contribution in [-0.2, 0) is 0 Å². The standard InChI is InChI=1S/C13H20N2O2/c1-10(15-8-6-14(2)7-9-15)13-11(16)4-3-5-12(13)17/h3-5,10,16-17H,6-9H2,1-2H3. The van der Waals surface area contributed by atoms with Crippen molar-refractivity contribution in [1.29, 1.82) is 0 Å². The molecule has 0 amide bonds. The van der Waals surface area contributed by atoms with Gasteiger partial charge >= 0.3 is 0 Å². The molecule has 0 aliphatic carbocycles. The van der Waals surface area contributed by atoms with E-state index in [9.17, 15) is 10.2 Å². The van der Waals surface area contributed by atoms with Crippen LogP contribution in [0.1, 0.15) is 18.5 Å². The summed E-state index contributed by atoms with van der Waals surface area (Å²) >= 11 is 0. The molecule has 0 radical (unpaired) electrons. The van der Waals surface area contributed by atoms with Gasteiger partial charge < -0.3 is 15.1 Å². The Morgan fingerprint density at radius 1 is 1.06 bits per heavy atom. The number of hydrogen-bond acceptors (Lipinski definition) is 4. The lowest BCUT2D eigenvalue weighted by Crippen LogP contribution is -2.45. The van der Waals surface area contributed by atoms with Crippen molar-refractivity contribution in [2.45, 2.75) is 13.0 Å². The van der Waals surface area contributed by atoms with Crippen molar-refractivity contribution in [2.24, 2.45) is 0 Å². The molecule has 0 spiro atoms. The molecule has 94 valence electrons. The molecule has 4 heteroatoms. The lowest BCUT2D eigenvalue weighted by Gasteiger charge is -2.36. The number of phenolic OH excluding ortho intramolecular Hbond substituents is 2. The number of piperazine rings is 1. The summed E-state index contributed by atoms with van der Waals surface area (Å²) in [6.07, 6.45) is 0. The van der Waals surface area contributed by atoms with E-state index in [-0.39, 0.29) is 17.5 Å². The fourth-order valence-electron chi connectivity index (χ4n) is 2.36. The Kier molecular flexibility index (Phi) is 3.54. The summed E-state index contributed by atoms with van der Waals surface area (Å²) in [4.78, 5) is 4.57. The molecule has 17 heavy (non-hydrogen) atoms. The first kappa shape index (κ1) is 12.2. The van der Waals surface area contributed by atoms with Crippen molar-refractivity contribution in [3.05, 3.63) is 23.8 Å². The van der Waals surface area contributed by atoms with Crippen LogP contribution in [0.5, 0.6) is 11.5 Å². The average Bonchev–Trinajstić information content (AvgIpc) is 2.29. The Morgan fingerprint density at radius 2 is 1.59 bits per heavy atom. The summed E-state index contributed by atoms with van der Waals surface area (Å²) in [7, 11) is 2.11. The second-order valence-electron chi connectivity index (χ2n) is 4.73. The predicted molar refractivity (Wildman–Crippen MR) is 67.3 cm³/mol. The van der Waals surface area contributed by atoms with Crippen LogP contribution < -0.4 is 0 Å². The smallest absolute Gasteiger partial charge is 0.124 e. The van der Waals surface area contributed by atoms with Gasteiger partial charge in [0.1, 0.15) is 11.5 Å². The molecule has 0 bridgehead atoms. The Hall–Kier alpha value is -1.26. The van der Waals surface area contributed by atoms with Gasteiger partial charge in [-0.3, -0.25) is 4.90 Å². The third-order valence-electron chi connectivity index (χ3n) is 3.56. The molecule has 1 aromatic rings. The van der Waals surface area contributed by atoms with Crippen molar-refractivity contribution in [3.63, 3.8) is 0 Å².